The zero-order valence-electron chi connectivity index (χ0n) is 9.88. The van der Waals surface area contributed by atoms with Gasteiger partial charge in [-0.05, 0) is 17.9 Å². The number of hydrogen-bond acceptors (Lipinski definition) is 2. The highest BCUT2D eigenvalue weighted by molar-refractivity contribution is 6.33. The largest absolute Gasteiger partial charge is 0.351 e. The summed E-state index contributed by atoms with van der Waals surface area (Å²) in [4.78, 5) is 15.7. The van der Waals surface area contributed by atoms with E-state index in [9.17, 15) is 4.79 Å². The number of halogens is 1. The van der Waals surface area contributed by atoms with E-state index in [0.717, 1.165) is 6.42 Å². The van der Waals surface area contributed by atoms with Crippen molar-refractivity contribution in [1.29, 1.82) is 0 Å². The minimum atomic E-state index is -0.167. The van der Waals surface area contributed by atoms with Gasteiger partial charge in [0, 0.05) is 18.9 Å². The molecule has 0 aromatic carbocycles. The quantitative estimate of drug-likeness (QED) is 0.879. The molecule has 0 atom stereocenters. The van der Waals surface area contributed by atoms with E-state index in [4.69, 9.17) is 11.6 Å². The molecule has 0 fully saturated rings. The van der Waals surface area contributed by atoms with Gasteiger partial charge in [0.05, 0.1) is 10.6 Å². The van der Waals surface area contributed by atoms with E-state index in [0.29, 0.717) is 17.1 Å². The number of amides is 1. The van der Waals surface area contributed by atoms with Crippen molar-refractivity contribution < 1.29 is 4.79 Å². The Bertz CT molecular complexity index is 377. The summed E-state index contributed by atoms with van der Waals surface area (Å²) < 4.78 is 0. The third-order valence-corrected chi connectivity index (χ3v) is 3.03. The highest BCUT2D eigenvalue weighted by Crippen LogP contribution is 2.19. The van der Waals surface area contributed by atoms with Gasteiger partial charge < -0.3 is 5.32 Å². The molecule has 0 spiro atoms. The molecule has 1 N–H and O–H groups in total. The molecule has 1 heterocycles. The first-order valence-corrected chi connectivity index (χ1v) is 5.72. The topological polar surface area (TPSA) is 42.0 Å². The van der Waals surface area contributed by atoms with Gasteiger partial charge in [-0.2, -0.15) is 0 Å². The van der Waals surface area contributed by atoms with Gasteiger partial charge in [0.25, 0.3) is 5.91 Å². The molecule has 0 aliphatic heterocycles. The van der Waals surface area contributed by atoms with Crippen molar-refractivity contribution in [2.24, 2.45) is 5.41 Å². The molecule has 0 aliphatic carbocycles. The van der Waals surface area contributed by atoms with Crippen LogP contribution in [0.4, 0.5) is 0 Å². The summed E-state index contributed by atoms with van der Waals surface area (Å²) in [6.07, 6.45) is 4.06. The molecule has 0 unspecified atom stereocenters. The number of nitrogens with one attached hydrogen (secondary N) is 1. The summed E-state index contributed by atoms with van der Waals surface area (Å²) in [5.41, 5.74) is 0.528. The number of nitrogens with zero attached hydrogens (tertiary/aromatic N) is 1. The summed E-state index contributed by atoms with van der Waals surface area (Å²) in [5.74, 6) is -0.167. The van der Waals surface area contributed by atoms with E-state index < -0.39 is 0 Å². The van der Waals surface area contributed by atoms with Crippen molar-refractivity contribution in [3.8, 4) is 0 Å². The number of carbonyl (C=O) groups is 1. The molecule has 0 saturated heterocycles. The number of carbonyl (C=O) groups excluding carboxylic acids is 1. The second kappa shape index (κ2) is 5.30. The number of pyridine rings is 1. The Hall–Kier alpha value is -1.09. The van der Waals surface area contributed by atoms with E-state index in [-0.39, 0.29) is 11.3 Å². The zero-order valence-corrected chi connectivity index (χ0v) is 10.6. The molecular weight excluding hydrogens is 224 g/mol. The standard InChI is InChI=1S/C12H17ClN2O/c1-4-12(2,3)8-15-11(16)9-7-14-6-5-10(9)13/h5-7H,4,8H2,1-3H3,(H,15,16). The smallest absolute Gasteiger partial charge is 0.254 e. The van der Waals surface area contributed by atoms with Crippen molar-refractivity contribution >= 4 is 17.5 Å². The molecule has 88 valence electrons. The van der Waals surface area contributed by atoms with Gasteiger partial charge in [-0.15, -0.1) is 0 Å². The number of aromatic nitrogens is 1. The lowest BCUT2D eigenvalue weighted by Crippen LogP contribution is -2.33. The van der Waals surface area contributed by atoms with Gasteiger partial charge in [0.2, 0.25) is 0 Å². The van der Waals surface area contributed by atoms with Gasteiger partial charge in [-0.3, -0.25) is 9.78 Å². The van der Waals surface area contributed by atoms with Crippen LogP contribution in [0.3, 0.4) is 0 Å². The van der Waals surface area contributed by atoms with Crippen LogP contribution < -0.4 is 5.32 Å². The van der Waals surface area contributed by atoms with Crippen LogP contribution in [0.5, 0.6) is 0 Å². The van der Waals surface area contributed by atoms with E-state index in [1.54, 1.807) is 12.3 Å². The monoisotopic (exact) mass is 240 g/mol. The van der Waals surface area contributed by atoms with E-state index in [1.807, 2.05) is 0 Å². The van der Waals surface area contributed by atoms with Crippen LogP contribution in [0, 0.1) is 5.41 Å². The molecule has 1 aromatic rings. The van der Waals surface area contributed by atoms with Crippen LogP contribution in [0.1, 0.15) is 37.6 Å². The maximum atomic E-state index is 11.8. The minimum Gasteiger partial charge on any atom is -0.351 e. The van der Waals surface area contributed by atoms with Crippen molar-refractivity contribution in [3.63, 3.8) is 0 Å². The van der Waals surface area contributed by atoms with Crippen LogP contribution in [0.25, 0.3) is 0 Å². The maximum Gasteiger partial charge on any atom is 0.254 e. The Morgan fingerprint density at radius 3 is 2.81 bits per heavy atom. The fourth-order valence-electron chi connectivity index (χ4n) is 1.08. The van der Waals surface area contributed by atoms with Gasteiger partial charge in [0.1, 0.15) is 0 Å². The van der Waals surface area contributed by atoms with Crippen LogP contribution >= 0.6 is 11.6 Å². The second-order valence-corrected chi connectivity index (χ2v) is 4.96. The van der Waals surface area contributed by atoms with Gasteiger partial charge in [0.15, 0.2) is 0 Å². The summed E-state index contributed by atoms with van der Waals surface area (Å²) >= 11 is 5.90. The van der Waals surface area contributed by atoms with Crippen molar-refractivity contribution in [1.82, 2.24) is 10.3 Å². The number of hydrogen-bond donors (Lipinski definition) is 1. The van der Waals surface area contributed by atoms with Crippen LogP contribution in [-0.4, -0.2) is 17.4 Å². The lowest BCUT2D eigenvalue weighted by molar-refractivity contribution is 0.0935. The SMILES string of the molecule is CCC(C)(C)CNC(=O)c1cnccc1Cl. The summed E-state index contributed by atoms with van der Waals surface area (Å²) in [7, 11) is 0. The first-order chi connectivity index (χ1) is 7.46. The first kappa shape index (κ1) is 13.0. The Labute approximate surface area is 101 Å². The molecule has 1 rings (SSSR count). The lowest BCUT2D eigenvalue weighted by atomic mass is 9.90. The first-order valence-electron chi connectivity index (χ1n) is 5.34. The third-order valence-electron chi connectivity index (χ3n) is 2.70. The average molecular weight is 241 g/mol. The van der Waals surface area contributed by atoms with Crippen molar-refractivity contribution in [2.75, 3.05) is 6.54 Å². The normalized spacial score (nSPS) is 11.2. The number of rotatable bonds is 4. The molecule has 0 bridgehead atoms. The second-order valence-electron chi connectivity index (χ2n) is 4.56. The molecule has 1 amide bonds. The van der Waals surface area contributed by atoms with E-state index >= 15 is 0 Å². The highest BCUT2D eigenvalue weighted by atomic mass is 35.5. The van der Waals surface area contributed by atoms with Crippen LogP contribution in [0.2, 0.25) is 5.02 Å². The van der Waals surface area contributed by atoms with Gasteiger partial charge in [-0.1, -0.05) is 32.4 Å². The average Bonchev–Trinajstić information content (AvgIpc) is 2.27. The minimum absolute atomic E-state index is 0.102. The molecule has 16 heavy (non-hydrogen) atoms. The predicted octanol–water partition coefficient (Wildman–Crippen LogP) is 2.90. The van der Waals surface area contributed by atoms with E-state index in [1.165, 1.54) is 6.20 Å². The van der Waals surface area contributed by atoms with Crippen molar-refractivity contribution in [2.45, 2.75) is 27.2 Å². The zero-order chi connectivity index (χ0) is 12.2. The highest BCUT2D eigenvalue weighted by Gasteiger charge is 2.17. The van der Waals surface area contributed by atoms with E-state index in [2.05, 4.69) is 31.1 Å². The predicted molar refractivity (Wildman–Crippen MR) is 65.7 cm³/mol. The summed E-state index contributed by atoms with van der Waals surface area (Å²) in [6.45, 7) is 6.95. The van der Waals surface area contributed by atoms with Gasteiger partial charge in [-0.25, -0.2) is 0 Å². The Kier molecular flexibility index (Phi) is 4.30. The van der Waals surface area contributed by atoms with Crippen LogP contribution in [0.15, 0.2) is 18.5 Å². The van der Waals surface area contributed by atoms with Crippen molar-refractivity contribution in [3.05, 3.63) is 29.0 Å². The molecule has 4 heteroatoms. The Balaban J connectivity index is 2.64. The molecular formula is C12H17ClN2O. The maximum absolute atomic E-state index is 11.8. The summed E-state index contributed by atoms with van der Waals surface area (Å²) in [6, 6.07) is 1.61. The molecule has 0 aliphatic rings. The molecule has 0 radical (unpaired) electrons. The Morgan fingerprint density at radius 1 is 1.56 bits per heavy atom. The summed E-state index contributed by atoms with van der Waals surface area (Å²) in [5, 5.41) is 3.30. The molecule has 1 aromatic heterocycles. The van der Waals surface area contributed by atoms with Gasteiger partial charge >= 0.3 is 0 Å². The lowest BCUT2D eigenvalue weighted by Gasteiger charge is -2.22. The fourth-order valence-corrected chi connectivity index (χ4v) is 1.28. The molecule has 3 nitrogen and oxygen atoms in total. The van der Waals surface area contributed by atoms with Crippen LogP contribution in [-0.2, 0) is 0 Å². The molecule has 0 saturated carbocycles. The Morgan fingerprint density at radius 2 is 2.25 bits per heavy atom. The fraction of sp³-hybridized carbons (Fsp3) is 0.500. The third kappa shape index (κ3) is 3.49.